The van der Waals surface area contributed by atoms with Crippen molar-refractivity contribution in [3.05, 3.63) is 89.7 Å². The Morgan fingerprint density at radius 3 is 2.44 bits per heavy atom. The monoisotopic (exact) mass is 495 g/mol. The Balaban J connectivity index is 1.70. The van der Waals surface area contributed by atoms with E-state index in [-0.39, 0.29) is 28.0 Å². The smallest absolute Gasteiger partial charge is 0.274 e. The van der Waals surface area contributed by atoms with Crippen LogP contribution in [0.5, 0.6) is 5.75 Å². The predicted molar refractivity (Wildman–Crippen MR) is 134 cm³/mol. The normalized spacial score (nSPS) is 11.3. The van der Waals surface area contributed by atoms with Crippen molar-refractivity contribution in [2.24, 2.45) is 0 Å². The third-order valence-corrected chi connectivity index (χ3v) is 7.45. The van der Waals surface area contributed by atoms with E-state index in [9.17, 15) is 13.2 Å². The number of carbonyl (C=O) groups is 1. The van der Waals surface area contributed by atoms with Gasteiger partial charge in [0.1, 0.15) is 16.6 Å². The molecular weight excluding hydrogens is 474 g/mol. The van der Waals surface area contributed by atoms with Crippen molar-refractivity contribution in [3.8, 4) is 5.75 Å². The summed E-state index contributed by atoms with van der Waals surface area (Å²) in [5.41, 5.74) is 0.837. The number of hydrogen-bond donors (Lipinski definition) is 1. The van der Waals surface area contributed by atoms with Gasteiger partial charge in [0.25, 0.3) is 15.9 Å². The first kappa shape index (κ1) is 23.5. The minimum Gasteiger partial charge on any atom is -0.495 e. The molecule has 7 nitrogen and oxygen atoms in total. The molecule has 1 N–H and O–H groups in total. The van der Waals surface area contributed by atoms with Gasteiger partial charge < -0.3 is 10.1 Å². The lowest BCUT2D eigenvalue weighted by molar-refractivity contribution is 0.102. The Hall–Kier alpha value is -3.62. The Morgan fingerprint density at radius 2 is 1.74 bits per heavy atom. The molecule has 0 aliphatic rings. The molecule has 34 heavy (non-hydrogen) atoms. The van der Waals surface area contributed by atoms with Crippen molar-refractivity contribution in [1.29, 1.82) is 0 Å². The second-order valence-electron chi connectivity index (χ2n) is 7.34. The zero-order valence-corrected chi connectivity index (χ0v) is 20.1. The van der Waals surface area contributed by atoms with Crippen molar-refractivity contribution < 1.29 is 17.9 Å². The summed E-state index contributed by atoms with van der Waals surface area (Å²) < 4.78 is 33.5. The standard InChI is InChI=1S/C25H22ClN3O4S/c1-3-29(18-10-5-4-6-11-18)34(31,32)19-13-14-23(33-2)21(16-19)28-25(30)22-15-17-9-7-8-12-20(17)24(26)27-22/h4-16H,3H2,1-2H3,(H,28,30). The number of aromatic nitrogens is 1. The van der Waals surface area contributed by atoms with Gasteiger partial charge in [0.15, 0.2) is 0 Å². The SMILES string of the molecule is CCN(c1ccccc1)S(=O)(=O)c1ccc(OC)c(NC(=O)c2cc3ccccc3c(Cl)n2)c1. The summed E-state index contributed by atoms with van der Waals surface area (Å²) >= 11 is 6.26. The molecule has 1 aromatic heterocycles. The fourth-order valence-corrected chi connectivity index (χ4v) is 5.38. The third kappa shape index (κ3) is 4.55. The number of carbonyl (C=O) groups excluding carboxylic acids is 1. The highest BCUT2D eigenvalue weighted by atomic mass is 35.5. The lowest BCUT2D eigenvalue weighted by Crippen LogP contribution is -2.30. The first-order valence-corrected chi connectivity index (χ1v) is 12.3. The molecule has 4 rings (SSSR count). The number of amides is 1. The van der Waals surface area contributed by atoms with Gasteiger partial charge >= 0.3 is 0 Å². The van der Waals surface area contributed by atoms with E-state index in [0.717, 1.165) is 10.8 Å². The zero-order chi connectivity index (χ0) is 24.3. The number of methoxy groups -OCH3 is 1. The Labute approximate surface area is 203 Å². The molecule has 0 aliphatic heterocycles. The minimum atomic E-state index is -3.90. The average Bonchev–Trinajstić information content (AvgIpc) is 2.85. The fourth-order valence-electron chi connectivity index (χ4n) is 3.62. The van der Waals surface area contributed by atoms with Crippen LogP contribution < -0.4 is 14.4 Å². The Morgan fingerprint density at radius 1 is 1.03 bits per heavy atom. The number of benzene rings is 3. The number of hydrogen-bond acceptors (Lipinski definition) is 5. The number of halogens is 1. The average molecular weight is 496 g/mol. The highest BCUT2D eigenvalue weighted by Crippen LogP contribution is 2.31. The van der Waals surface area contributed by atoms with Crippen LogP contribution in [-0.4, -0.2) is 33.0 Å². The highest BCUT2D eigenvalue weighted by molar-refractivity contribution is 7.92. The summed E-state index contributed by atoms with van der Waals surface area (Å²) in [6.07, 6.45) is 0. The zero-order valence-electron chi connectivity index (χ0n) is 18.5. The van der Waals surface area contributed by atoms with Crippen LogP contribution in [0.2, 0.25) is 5.15 Å². The van der Waals surface area contributed by atoms with Gasteiger partial charge in [-0.1, -0.05) is 54.1 Å². The molecule has 4 aromatic rings. The van der Waals surface area contributed by atoms with Gasteiger partial charge in [-0.15, -0.1) is 0 Å². The van der Waals surface area contributed by atoms with E-state index in [0.29, 0.717) is 11.4 Å². The number of rotatable bonds is 7. The van der Waals surface area contributed by atoms with E-state index >= 15 is 0 Å². The number of anilines is 2. The molecule has 0 fully saturated rings. The summed E-state index contributed by atoms with van der Waals surface area (Å²) in [6.45, 7) is 1.99. The molecule has 174 valence electrons. The first-order chi connectivity index (χ1) is 16.3. The van der Waals surface area contributed by atoms with Gasteiger partial charge in [0.2, 0.25) is 0 Å². The van der Waals surface area contributed by atoms with Crippen molar-refractivity contribution in [2.75, 3.05) is 23.3 Å². The maximum absolute atomic E-state index is 13.4. The largest absolute Gasteiger partial charge is 0.495 e. The molecule has 0 unspecified atom stereocenters. The van der Waals surface area contributed by atoms with Crippen LogP contribution in [0.25, 0.3) is 10.8 Å². The number of nitrogens with zero attached hydrogens (tertiary/aromatic N) is 2. The Bertz CT molecular complexity index is 1460. The summed E-state index contributed by atoms with van der Waals surface area (Å²) in [6, 6.07) is 22.1. The highest BCUT2D eigenvalue weighted by Gasteiger charge is 2.25. The van der Waals surface area contributed by atoms with E-state index in [1.54, 1.807) is 37.3 Å². The molecule has 0 saturated heterocycles. The van der Waals surface area contributed by atoms with Crippen LogP contribution in [-0.2, 0) is 10.0 Å². The van der Waals surface area contributed by atoms with Crippen LogP contribution in [0, 0.1) is 0 Å². The van der Waals surface area contributed by atoms with Gasteiger partial charge in [-0.3, -0.25) is 9.10 Å². The number of fused-ring (bicyclic) bond motifs is 1. The molecule has 0 radical (unpaired) electrons. The molecule has 0 bridgehead atoms. The van der Waals surface area contributed by atoms with Crippen molar-refractivity contribution in [1.82, 2.24) is 4.98 Å². The predicted octanol–water partition coefficient (Wildman–Crippen LogP) is 5.36. The number of nitrogens with one attached hydrogen (secondary N) is 1. The number of pyridine rings is 1. The lowest BCUT2D eigenvalue weighted by atomic mass is 10.1. The maximum Gasteiger partial charge on any atom is 0.274 e. The van der Waals surface area contributed by atoms with Gasteiger partial charge in [0.05, 0.1) is 23.4 Å². The molecule has 0 atom stereocenters. The van der Waals surface area contributed by atoms with E-state index in [1.807, 2.05) is 30.3 Å². The van der Waals surface area contributed by atoms with Crippen LogP contribution in [0.4, 0.5) is 11.4 Å². The van der Waals surface area contributed by atoms with Crippen LogP contribution in [0.3, 0.4) is 0 Å². The molecule has 3 aromatic carbocycles. The maximum atomic E-state index is 13.4. The van der Waals surface area contributed by atoms with E-state index in [2.05, 4.69) is 10.3 Å². The van der Waals surface area contributed by atoms with Crippen LogP contribution >= 0.6 is 11.6 Å². The topological polar surface area (TPSA) is 88.6 Å². The second-order valence-corrected chi connectivity index (χ2v) is 9.56. The first-order valence-electron chi connectivity index (χ1n) is 10.5. The van der Waals surface area contributed by atoms with Gasteiger partial charge in [0, 0.05) is 11.9 Å². The van der Waals surface area contributed by atoms with Crippen molar-refractivity contribution in [3.63, 3.8) is 0 Å². The van der Waals surface area contributed by atoms with E-state index in [1.165, 1.54) is 29.6 Å². The Kier molecular flexibility index (Phi) is 6.72. The summed E-state index contributed by atoms with van der Waals surface area (Å²) in [4.78, 5) is 17.2. The van der Waals surface area contributed by atoms with Gasteiger partial charge in [-0.05, 0) is 48.7 Å². The van der Waals surface area contributed by atoms with Crippen LogP contribution in [0.15, 0.2) is 83.8 Å². The minimum absolute atomic E-state index is 0.0128. The van der Waals surface area contributed by atoms with Gasteiger partial charge in [-0.2, -0.15) is 0 Å². The van der Waals surface area contributed by atoms with E-state index < -0.39 is 15.9 Å². The molecule has 0 saturated carbocycles. The molecule has 1 heterocycles. The molecular formula is C25H22ClN3O4S. The molecule has 0 spiro atoms. The summed E-state index contributed by atoms with van der Waals surface area (Å²) in [5, 5.41) is 4.40. The molecule has 0 aliphatic carbocycles. The number of sulfonamides is 1. The van der Waals surface area contributed by atoms with Crippen molar-refractivity contribution >= 4 is 49.7 Å². The summed E-state index contributed by atoms with van der Waals surface area (Å²) in [5.74, 6) is -0.238. The molecule has 1 amide bonds. The van der Waals surface area contributed by atoms with Crippen LogP contribution in [0.1, 0.15) is 17.4 Å². The fraction of sp³-hybridized carbons (Fsp3) is 0.120. The van der Waals surface area contributed by atoms with E-state index in [4.69, 9.17) is 16.3 Å². The number of para-hydroxylation sites is 1. The quantitative estimate of drug-likeness (QED) is 0.348. The second kappa shape index (κ2) is 9.70. The third-order valence-electron chi connectivity index (χ3n) is 5.27. The van der Waals surface area contributed by atoms with Gasteiger partial charge in [-0.25, -0.2) is 13.4 Å². The summed E-state index contributed by atoms with van der Waals surface area (Å²) in [7, 11) is -2.46. The molecule has 9 heteroatoms. The lowest BCUT2D eigenvalue weighted by Gasteiger charge is -2.23. The van der Waals surface area contributed by atoms with Crippen molar-refractivity contribution in [2.45, 2.75) is 11.8 Å². The number of ether oxygens (including phenoxy) is 1.